The summed E-state index contributed by atoms with van der Waals surface area (Å²) in [6.45, 7) is 1.78. The zero-order chi connectivity index (χ0) is 20.7. The van der Waals surface area contributed by atoms with Crippen molar-refractivity contribution in [2.75, 3.05) is 25.4 Å². The van der Waals surface area contributed by atoms with Crippen molar-refractivity contribution < 1.29 is 13.2 Å². The van der Waals surface area contributed by atoms with Crippen molar-refractivity contribution in [3.63, 3.8) is 0 Å². The second-order valence-electron chi connectivity index (χ2n) is 7.00. The molecule has 1 aliphatic rings. The Bertz CT molecular complexity index is 927. The number of sulfonamides is 1. The number of rotatable bonds is 9. The maximum absolute atomic E-state index is 12.4. The van der Waals surface area contributed by atoms with E-state index in [4.69, 9.17) is 11.6 Å². The minimum absolute atomic E-state index is 0.0188. The summed E-state index contributed by atoms with van der Waals surface area (Å²) in [5, 5.41) is 3.63. The summed E-state index contributed by atoms with van der Waals surface area (Å²) in [6.07, 6.45) is 1.85. The molecule has 0 spiro atoms. The first-order chi connectivity index (χ1) is 13.9. The molecule has 3 rings (SSSR count). The third-order valence-electron chi connectivity index (χ3n) is 4.71. The van der Waals surface area contributed by atoms with Gasteiger partial charge in [0.2, 0.25) is 10.0 Å². The molecular formula is C21H25ClN2O3S2. The molecule has 1 fully saturated rings. The number of hydrogen-bond donors (Lipinski definition) is 1. The van der Waals surface area contributed by atoms with E-state index in [2.05, 4.69) is 5.32 Å². The number of halogens is 1. The minimum Gasteiger partial charge on any atom is -0.351 e. The highest BCUT2D eigenvalue weighted by molar-refractivity contribution is 7.98. The average Bonchev–Trinajstić information content (AvgIpc) is 3.24. The van der Waals surface area contributed by atoms with Crippen molar-refractivity contribution in [3.05, 3.63) is 70.2 Å². The van der Waals surface area contributed by atoms with Crippen LogP contribution in [0.5, 0.6) is 0 Å². The topological polar surface area (TPSA) is 66.5 Å². The van der Waals surface area contributed by atoms with E-state index in [9.17, 15) is 13.2 Å². The molecule has 0 radical (unpaired) electrons. The molecular weight excluding hydrogens is 428 g/mol. The average molecular weight is 453 g/mol. The van der Waals surface area contributed by atoms with Gasteiger partial charge in [-0.15, -0.1) is 0 Å². The third kappa shape index (κ3) is 6.74. The Hall–Kier alpha value is -1.54. The van der Waals surface area contributed by atoms with Crippen molar-refractivity contribution in [1.82, 2.24) is 9.62 Å². The number of thioether (sulfide) groups is 1. The summed E-state index contributed by atoms with van der Waals surface area (Å²) in [4.78, 5) is 12.3. The predicted octanol–water partition coefficient (Wildman–Crippen LogP) is 3.93. The van der Waals surface area contributed by atoms with E-state index in [1.165, 1.54) is 0 Å². The number of carbonyl (C=O) groups is 1. The molecule has 0 aromatic heterocycles. The fourth-order valence-corrected chi connectivity index (χ4v) is 5.81. The molecule has 0 aliphatic carbocycles. The number of benzene rings is 2. The van der Waals surface area contributed by atoms with Crippen LogP contribution in [-0.2, 0) is 21.5 Å². The van der Waals surface area contributed by atoms with Gasteiger partial charge in [0.1, 0.15) is 0 Å². The second-order valence-corrected chi connectivity index (χ2v) is 10.5. The molecule has 1 heterocycles. The summed E-state index contributed by atoms with van der Waals surface area (Å²) < 4.78 is 26.3. The fourth-order valence-electron chi connectivity index (χ4n) is 3.18. The first kappa shape index (κ1) is 22.2. The summed E-state index contributed by atoms with van der Waals surface area (Å²) in [7, 11) is -3.27. The van der Waals surface area contributed by atoms with Crippen LogP contribution in [0.25, 0.3) is 0 Å². The van der Waals surface area contributed by atoms with Crippen LogP contribution in [-0.4, -0.2) is 44.0 Å². The van der Waals surface area contributed by atoms with Crippen molar-refractivity contribution in [2.45, 2.75) is 24.3 Å². The smallest absolute Gasteiger partial charge is 0.251 e. The van der Waals surface area contributed by atoms with Crippen LogP contribution in [0.1, 0.15) is 34.3 Å². The monoisotopic (exact) mass is 452 g/mol. The van der Waals surface area contributed by atoms with Crippen LogP contribution in [0.15, 0.2) is 48.5 Å². The molecule has 0 atom stereocenters. The zero-order valence-electron chi connectivity index (χ0n) is 16.1. The molecule has 1 aliphatic heterocycles. The lowest BCUT2D eigenvalue weighted by atomic mass is 10.1. The van der Waals surface area contributed by atoms with Gasteiger partial charge in [0.15, 0.2) is 0 Å². The Kier molecular flexibility index (Phi) is 8.00. The van der Waals surface area contributed by atoms with Gasteiger partial charge in [-0.3, -0.25) is 4.79 Å². The summed E-state index contributed by atoms with van der Waals surface area (Å²) in [6, 6.07) is 14.6. The molecule has 1 amide bonds. The lowest BCUT2D eigenvalue weighted by Crippen LogP contribution is -2.29. The Balaban J connectivity index is 1.41. The summed E-state index contributed by atoms with van der Waals surface area (Å²) in [5.74, 6) is 1.47. The third-order valence-corrected chi connectivity index (χ3v) is 7.83. The number of nitrogens with zero attached hydrogens (tertiary/aromatic N) is 1. The molecule has 1 N–H and O–H groups in total. The van der Waals surface area contributed by atoms with Crippen molar-refractivity contribution >= 4 is 39.3 Å². The van der Waals surface area contributed by atoms with Gasteiger partial charge in [-0.05, 0) is 48.2 Å². The van der Waals surface area contributed by atoms with Crippen LogP contribution in [0, 0.1) is 0 Å². The largest absolute Gasteiger partial charge is 0.351 e. The van der Waals surface area contributed by atoms with Gasteiger partial charge in [0.05, 0.1) is 5.75 Å². The predicted molar refractivity (Wildman–Crippen MR) is 120 cm³/mol. The zero-order valence-corrected chi connectivity index (χ0v) is 18.5. The van der Waals surface area contributed by atoms with Crippen LogP contribution in [0.2, 0.25) is 5.02 Å². The van der Waals surface area contributed by atoms with Crippen LogP contribution in [0.3, 0.4) is 0 Å². The van der Waals surface area contributed by atoms with Crippen molar-refractivity contribution in [1.29, 1.82) is 0 Å². The Morgan fingerprint density at radius 1 is 1.07 bits per heavy atom. The van der Waals surface area contributed by atoms with Gasteiger partial charge >= 0.3 is 0 Å². The molecule has 29 heavy (non-hydrogen) atoms. The molecule has 8 heteroatoms. The second kappa shape index (κ2) is 10.5. The number of amides is 1. The minimum atomic E-state index is -3.27. The van der Waals surface area contributed by atoms with Gasteiger partial charge in [0, 0.05) is 41.7 Å². The van der Waals surface area contributed by atoms with Gasteiger partial charge in [-0.2, -0.15) is 11.8 Å². The van der Waals surface area contributed by atoms with Crippen LogP contribution >= 0.6 is 23.4 Å². The molecule has 156 valence electrons. The van der Waals surface area contributed by atoms with Gasteiger partial charge in [-0.1, -0.05) is 35.9 Å². The maximum atomic E-state index is 12.4. The SMILES string of the molecule is O=C(NCCSCc1cccc(Cl)c1)c1ccc(CS(=O)(=O)N2CCCC2)cc1. The van der Waals surface area contributed by atoms with E-state index < -0.39 is 10.0 Å². The Morgan fingerprint density at radius 2 is 1.79 bits per heavy atom. The van der Waals surface area contributed by atoms with Crippen molar-refractivity contribution in [3.8, 4) is 0 Å². The van der Waals surface area contributed by atoms with E-state index in [1.54, 1.807) is 40.3 Å². The van der Waals surface area contributed by atoms with E-state index in [1.807, 2.05) is 24.3 Å². The number of carbonyl (C=O) groups excluding carboxylic acids is 1. The molecule has 0 saturated carbocycles. The number of hydrogen-bond acceptors (Lipinski definition) is 4. The van der Waals surface area contributed by atoms with Gasteiger partial charge in [-0.25, -0.2) is 12.7 Å². The highest BCUT2D eigenvalue weighted by Gasteiger charge is 2.25. The normalized spacial score (nSPS) is 14.8. The quantitative estimate of drug-likeness (QED) is 0.585. The summed E-state index contributed by atoms with van der Waals surface area (Å²) in [5.41, 5.74) is 2.39. The van der Waals surface area contributed by atoms with E-state index >= 15 is 0 Å². The Morgan fingerprint density at radius 3 is 2.48 bits per heavy atom. The molecule has 5 nitrogen and oxygen atoms in total. The summed E-state index contributed by atoms with van der Waals surface area (Å²) >= 11 is 7.70. The molecule has 0 bridgehead atoms. The van der Waals surface area contributed by atoms with Gasteiger partial charge < -0.3 is 5.32 Å². The lowest BCUT2D eigenvalue weighted by Gasteiger charge is -2.15. The first-order valence-electron chi connectivity index (χ1n) is 9.61. The molecule has 1 saturated heterocycles. The van der Waals surface area contributed by atoms with E-state index in [0.29, 0.717) is 30.8 Å². The van der Waals surface area contributed by atoms with Crippen molar-refractivity contribution in [2.24, 2.45) is 0 Å². The lowest BCUT2D eigenvalue weighted by molar-refractivity contribution is 0.0956. The van der Waals surface area contributed by atoms with E-state index in [-0.39, 0.29) is 11.7 Å². The molecule has 2 aromatic carbocycles. The molecule has 2 aromatic rings. The highest BCUT2D eigenvalue weighted by Crippen LogP contribution is 2.18. The first-order valence-corrected chi connectivity index (χ1v) is 12.8. The van der Waals surface area contributed by atoms with Crippen LogP contribution < -0.4 is 5.32 Å². The fraction of sp³-hybridized carbons (Fsp3) is 0.381. The van der Waals surface area contributed by atoms with E-state index in [0.717, 1.165) is 34.9 Å². The maximum Gasteiger partial charge on any atom is 0.251 e. The van der Waals surface area contributed by atoms with Crippen LogP contribution in [0.4, 0.5) is 0 Å². The number of nitrogens with one attached hydrogen (secondary N) is 1. The Labute approximate surface area is 181 Å². The highest BCUT2D eigenvalue weighted by atomic mass is 35.5. The molecule has 0 unspecified atom stereocenters. The standard InChI is InChI=1S/C21H25ClN2O3S2/c22-20-5-3-4-18(14-20)15-28-13-10-23-21(25)19-8-6-17(7-9-19)16-29(26,27)24-11-1-2-12-24/h3-9,14H,1-2,10-13,15-16H2,(H,23,25). The van der Waals surface area contributed by atoms with Gasteiger partial charge in [0.25, 0.3) is 5.91 Å².